The molecule has 1 saturated carbocycles. The molecule has 1 aliphatic rings. The lowest BCUT2D eigenvalue weighted by Crippen LogP contribution is -2.49. The first-order chi connectivity index (χ1) is 7.49. The molecule has 0 atom stereocenters. The Hall–Kier alpha value is -1.18. The first kappa shape index (κ1) is 11.3. The Balaban J connectivity index is 2.37. The van der Waals surface area contributed by atoms with Crippen molar-refractivity contribution in [2.45, 2.75) is 44.2 Å². The highest BCUT2D eigenvalue weighted by atomic mass is 19.1. The minimum Gasteiger partial charge on any atom is -0.298 e. The summed E-state index contributed by atoms with van der Waals surface area (Å²) in [6.07, 6.45) is 3.70. The highest BCUT2D eigenvalue weighted by Gasteiger charge is 2.51. The molecule has 0 unspecified atom stereocenters. The summed E-state index contributed by atoms with van der Waals surface area (Å²) in [6, 6.07) is 7.33. The summed E-state index contributed by atoms with van der Waals surface area (Å²) in [7, 11) is 0. The van der Waals surface area contributed by atoms with E-state index in [0.29, 0.717) is 5.56 Å². The van der Waals surface area contributed by atoms with Crippen molar-refractivity contribution in [3.8, 4) is 0 Å². The normalized spacial score (nSPS) is 18.9. The van der Waals surface area contributed by atoms with Crippen molar-refractivity contribution in [1.82, 2.24) is 0 Å². The van der Waals surface area contributed by atoms with Gasteiger partial charge in [-0.25, -0.2) is 4.39 Å². The van der Waals surface area contributed by atoms with Crippen molar-refractivity contribution in [1.29, 1.82) is 0 Å². The Morgan fingerprint density at radius 3 is 2.12 bits per heavy atom. The minimum atomic E-state index is -1.20. The van der Waals surface area contributed by atoms with Crippen molar-refractivity contribution < 1.29 is 9.18 Å². The van der Waals surface area contributed by atoms with E-state index in [1.165, 1.54) is 0 Å². The molecular weight excluding hydrogens is 203 g/mol. The third kappa shape index (κ3) is 1.57. The number of alkyl halides is 1. The predicted molar refractivity (Wildman–Crippen MR) is 62.5 cm³/mol. The number of aldehydes is 1. The van der Waals surface area contributed by atoms with Crippen molar-refractivity contribution >= 4 is 6.29 Å². The topological polar surface area (TPSA) is 17.1 Å². The lowest BCUT2D eigenvalue weighted by molar-refractivity contribution is 0.0268. The van der Waals surface area contributed by atoms with Gasteiger partial charge in [0.25, 0.3) is 0 Å². The Labute approximate surface area is 95.7 Å². The average Bonchev–Trinajstić information content (AvgIpc) is 2.15. The summed E-state index contributed by atoms with van der Waals surface area (Å²) in [4.78, 5) is 10.6. The van der Waals surface area contributed by atoms with Crippen LogP contribution < -0.4 is 0 Å². The van der Waals surface area contributed by atoms with Crippen LogP contribution in [0.15, 0.2) is 24.3 Å². The van der Waals surface area contributed by atoms with E-state index < -0.39 is 5.67 Å². The highest BCUT2D eigenvalue weighted by Crippen LogP contribution is 2.52. The molecule has 1 nitrogen and oxygen atoms in total. The molecule has 1 aliphatic carbocycles. The van der Waals surface area contributed by atoms with E-state index in [2.05, 4.69) is 0 Å². The lowest BCUT2D eigenvalue weighted by atomic mass is 9.57. The first-order valence-electron chi connectivity index (χ1n) is 5.74. The third-order valence-corrected chi connectivity index (χ3v) is 3.94. The number of carbonyl (C=O) groups excluding carboxylic acids is 1. The maximum atomic E-state index is 14.3. The van der Waals surface area contributed by atoms with Gasteiger partial charge in [0.2, 0.25) is 0 Å². The van der Waals surface area contributed by atoms with Gasteiger partial charge in [-0.3, -0.25) is 4.79 Å². The van der Waals surface area contributed by atoms with E-state index in [-0.39, 0.29) is 5.41 Å². The minimum absolute atomic E-state index is 0.339. The number of benzene rings is 1. The van der Waals surface area contributed by atoms with Crippen molar-refractivity contribution in [3.05, 3.63) is 35.4 Å². The van der Waals surface area contributed by atoms with E-state index in [1.54, 1.807) is 26.0 Å². The van der Waals surface area contributed by atoms with Crippen molar-refractivity contribution in [2.75, 3.05) is 0 Å². The predicted octanol–water partition coefficient (Wildman–Crippen LogP) is 3.67. The Kier molecular flexibility index (Phi) is 2.61. The van der Waals surface area contributed by atoms with Gasteiger partial charge in [0.1, 0.15) is 12.0 Å². The lowest BCUT2D eigenvalue weighted by Gasteiger charge is -2.49. The molecule has 1 fully saturated rings. The molecule has 2 rings (SSSR count). The van der Waals surface area contributed by atoms with Crippen LogP contribution in [0.4, 0.5) is 4.39 Å². The number of rotatable bonds is 3. The van der Waals surface area contributed by atoms with Gasteiger partial charge in [-0.15, -0.1) is 0 Å². The summed E-state index contributed by atoms with van der Waals surface area (Å²) in [5, 5.41) is 0. The highest BCUT2D eigenvalue weighted by molar-refractivity contribution is 5.74. The maximum absolute atomic E-state index is 14.3. The van der Waals surface area contributed by atoms with Crippen LogP contribution in [0, 0.1) is 0 Å². The van der Waals surface area contributed by atoms with Gasteiger partial charge in [0.15, 0.2) is 0 Å². The van der Waals surface area contributed by atoms with Crippen LogP contribution in [0.25, 0.3) is 0 Å². The fourth-order valence-electron chi connectivity index (χ4n) is 2.64. The molecule has 0 aromatic heterocycles. The van der Waals surface area contributed by atoms with Gasteiger partial charge in [-0.05, 0) is 32.3 Å². The van der Waals surface area contributed by atoms with Crippen LogP contribution in [0.1, 0.15) is 49.0 Å². The van der Waals surface area contributed by atoms with Crippen LogP contribution in [0.3, 0.4) is 0 Å². The molecule has 0 heterocycles. The van der Waals surface area contributed by atoms with Gasteiger partial charge >= 0.3 is 0 Å². The number of halogens is 1. The second-order valence-electron chi connectivity index (χ2n) is 5.15. The zero-order chi connectivity index (χ0) is 11.8. The summed E-state index contributed by atoms with van der Waals surface area (Å²) in [6.45, 7) is 3.31. The van der Waals surface area contributed by atoms with Crippen LogP contribution in [0.5, 0.6) is 0 Å². The van der Waals surface area contributed by atoms with Gasteiger partial charge in [0, 0.05) is 11.0 Å². The smallest absolute Gasteiger partial charge is 0.150 e. The fourth-order valence-corrected chi connectivity index (χ4v) is 2.64. The quantitative estimate of drug-likeness (QED) is 0.710. The van der Waals surface area contributed by atoms with Crippen LogP contribution in [0.2, 0.25) is 0 Å². The van der Waals surface area contributed by atoms with E-state index in [9.17, 15) is 9.18 Å². The van der Waals surface area contributed by atoms with Crippen molar-refractivity contribution in [2.24, 2.45) is 0 Å². The third-order valence-electron chi connectivity index (χ3n) is 3.94. The van der Waals surface area contributed by atoms with E-state index >= 15 is 0 Å². The average molecular weight is 220 g/mol. The zero-order valence-electron chi connectivity index (χ0n) is 9.79. The molecule has 0 bridgehead atoms. The molecule has 86 valence electrons. The summed E-state index contributed by atoms with van der Waals surface area (Å²) in [5.74, 6) is 0. The Morgan fingerprint density at radius 2 is 1.81 bits per heavy atom. The molecule has 0 amide bonds. The van der Waals surface area contributed by atoms with Crippen molar-refractivity contribution in [3.63, 3.8) is 0 Å². The van der Waals surface area contributed by atoms with E-state index in [0.717, 1.165) is 31.1 Å². The largest absolute Gasteiger partial charge is 0.298 e. The Bertz CT molecular complexity index is 382. The van der Waals surface area contributed by atoms with Crippen LogP contribution in [-0.4, -0.2) is 12.0 Å². The standard InChI is InChI=1S/C14H17FO/c1-13(2,15)14(8-3-9-14)12-6-4-11(10-16)5-7-12/h4-7,10H,3,8-9H2,1-2H3. The fraction of sp³-hybridized carbons (Fsp3) is 0.500. The number of carbonyl (C=O) groups is 1. The second-order valence-corrected chi connectivity index (χ2v) is 5.15. The van der Waals surface area contributed by atoms with Gasteiger partial charge < -0.3 is 0 Å². The number of hydrogen-bond acceptors (Lipinski definition) is 1. The SMILES string of the molecule is CC(C)(F)C1(c2ccc(C=O)cc2)CCC1. The molecule has 0 N–H and O–H groups in total. The summed E-state index contributed by atoms with van der Waals surface area (Å²) >= 11 is 0. The maximum Gasteiger partial charge on any atom is 0.150 e. The van der Waals surface area contributed by atoms with E-state index in [1.807, 2.05) is 12.1 Å². The molecule has 2 heteroatoms. The molecular formula is C14H17FO. The molecule has 1 aromatic carbocycles. The molecule has 0 aliphatic heterocycles. The Morgan fingerprint density at radius 1 is 1.25 bits per heavy atom. The molecule has 16 heavy (non-hydrogen) atoms. The molecule has 1 aromatic rings. The molecule has 0 radical (unpaired) electrons. The first-order valence-corrected chi connectivity index (χ1v) is 5.74. The molecule has 0 saturated heterocycles. The van der Waals surface area contributed by atoms with Gasteiger partial charge in [-0.1, -0.05) is 30.7 Å². The van der Waals surface area contributed by atoms with Crippen LogP contribution in [-0.2, 0) is 5.41 Å². The second kappa shape index (κ2) is 3.69. The van der Waals surface area contributed by atoms with E-state index in [4.69, 9.17) is 0 Å². The van der Waals surface area contributed by atoms with Crippen LogP contribution >= 0.6 is 0 Å². The summed E-state index contributed by atoms with van der Waals surface area (Å²) < 4.78 is 14.3. The van der Waals surface area contributed by atoms with Gasteiger partial charge in [0.05, 0.1) is 0 Å². The zero-order valence-corrected chi connectivity index (χ0v) is 9.79. The van der Waals surface area contributed by atoms with Gasteiger partial charge in [-0.2, -0.15) is 0 Å². The number of hydrogen-bond donors (Lipinski definition) is 0. The summed E-state index contributed by atoms with van der Waals surface area (Å²) in [5.41, 5.74) is 0.134. The molecule has 0 spiro atoms. The monoisotopic (exact) mass is 220 g/mol.